The zero-order valence-corrected chi connectivity index (χ0v) is 14.6. The molecule has 23 heavy (non-hydrogen) atoms. The number of hydrogen-bond donors (Lipinski definition) is 1. The van der Waals surface area contributed by atoms with Crippen molar-refractivity contribution in [2.24, 2.45) is 17.6 Å². The second-order valence-corrected chi connectivity index (χ2v) is 6.94. The molecular weight excluding hydrogens is 308 g/mol. The average Bonchev–Trinajstić information content (AvgIpc) is 2.81. The molecule has 2 aliphatic rings. The molecule has 1 aromatic carbocycles. The van der Waals surface area contributed by atoms with Crippen LogP contribution >= 0.6 is 12.4 Å². The minimum atomic E-state index is 0. The summed E-state index contributed by atoms with van der Waals surface area (Å²) in [5, 5.41) is 0. The van der Waals surface area contributed by atoms with E-state index in [4.69, 9.17) is 5.73 Å². The molecular formula is C19H29ClN2O. The molecule has 3 nitrogen and oxygen atoms in total. The van der Waals surface area contributed by atoms with Crippen LogP contribution in [0.2, 0.25) is 0 Å². The first-order valence-electron chi connectivity index (χ1n) is 8.83. The normalized spacial score (nSPS) is 25.7. The second-order valence-electron chi connectivity index (χ2n) is 6.94. The van der Waals surface area contributed by atoms with E-state index in [1.54, 1.807) is 0 Å². The fourth-order valence-electron chi connectivity index (χ4n) is 4.15. The predicted octanol–water partition coefficient (Wildman–Crippen LogP) is 3.58. The van der Waals surface area contributed by atoms with Crippen molar-refractivity contribution >= 4 is 18.3 Å². The van der Waals surface area contributed by atoms with Crippen LogP contribution < -0.4 is 5.73 Å². The van der Waals surface area contributed by atoms with E-state index in [9.17, 15) is 4.79 Å². The van der Waals surface area contributed by atoms with Crippen LogP contribution in [0.1, 0.15) is 50.0 Å². The van der Waals surface area contributed by atoms with Gasteiger partial charge in [-0.2, -0.15) is 0 Å². The molecule has 1 heterocycles. The summed E-state index contributed by atoms with van der Waals surface area (Å²) in [5.74, 6) is 1.45. The molecule has 2 N–H and O–H groups in total. The Morgan fingerprint density at radius 1 is 1.04 bits per heavy atom. The predicted molar refractivity (Wildman–Crippen MR) is 96.7 cm³/mol. The first-order valence-corrected chi connectivity index (χ1v) is 8.83. The monoisotopic (exact) mass is 336 g/mol. The van der Waals surface area contributed by atoms with Gasteiger partial charge in [0.15, 0.2) is 0 Å². The van der Waals surface area contributed by atoms with Gasteiger partial charge in [-0.1, -0.05) is 56.0 Å². The summed E-state index contributed by atoms with van der Waals surface area (Å²) < 4.78 is 0. The number of carbonyl (C=O) groups is 1. The van der Waals surface area contributed by atoms with E-state index in [0.29, 0.717) is 24.3 Å². The second kappa shape index (κ2) is 8.70. The molecule has 1 saturated carbocycles. The highest BCUT2D eigenvalue weighted by atomic mass is 35.5. The fourth-order valence-corrected chi connectivity index (χ4v) is 4.15. The van der Waals surface area contributed by atoms with Crippen LogP contribution in [-0.2, 0) is 4.79 Å². The van der Waals surface area contributed by atoms with Gasteiger partial charge in [-0.3, -0.25) is 4.79 Å². The summed E-state index contributed by atoms with van der Waals surface area (Å²) >= 11 is 0. The Morgan fingerprint density at radius 2 is 1.70 bits per heavy atom. The van der Waals surface area contributed by atoms with E-state index in [0.717, 1.165) is 25.9 Å². The van der Waals surface area contributed by atoms with Crippen LogP contribution in [-0.4, -0.2) is 30.4 Å². The van der Waals surface area contributed by atoms with Crippen molar-refractivity contribution in [3.63, 3.8) is 0 Å². The summed E-state index contributed by atoms with van der Waals surface area (Å²) in [5.41, 5.74) is 7.32. The van der Waals surface area contributed by atoms with Crippen LogP contribution in [0.15, 0.2) is 30.3 Å². The number of benzene rings is 1. The first kappa shape index (κ1) is 18.3. The highest BCUT2D eigenvalue weighted by Gasteiger charge is 2.37. The van der Waals surface area contributed by atoms with E-state index >= 15 is 0 Å². The SMILES string of the molecule is Cl.NC[C@@H]1CN(C(=O)C2CCCCCC2)C[C@H]1c1ccccc1. The minimum absolute atomic E-state index is 0. The molecule has 0 unspecified atom stereocenters. The van der Waals surface area contributed by atoms with E-state index in [2.05, 4.69) is 29.2 Å². The van der Waals surface area contributed by atoms with Crippen molar-refractivity contribution in [1.82, 2.24) is 4.90 Å². The van der Waals surface area contributed by atoms with Crippen molar-refractivity contribution < 1.29 is 4.79 Å². The lowest BCUT2D eigenvalue weighted by molar-refractivity contribution is -0.135. The Balaban J connectivity index is 0.00000192. The third-order valence-electron chi connectivity index (χ3n) is 5.49. The van der Waals surface area contributed by atoms with Gasteiger partial charge in [-0.15, -0.1) is 12.4 Å². The van der Waals surface area contributed by atoms with Gasteiger partial charge in [0.2, 0.25) is 5.91 Å². The van der Waals surface area contributed by atoms with Gasteiger partial charge in [0.05, 0.1) is 0 Å². The van der Waals surface area contributed by atoms with Crippen molar-refractivity contribution in [3.05, 3.63) is 35.9 Å². The number of nitrogens with two attached hydrogens (primary N) is 1. The Kier molecular flexibility index (Phi) is 6.91. The van der Waals surface area contributed by atoms with E-state index < -0.39 is 0 Å². The maximum Gasteiger partial charge on any atom is 0.225 e. The van der Waals surface area contributed by atoms with Crippen LogP contribution in [0.3, 0.4) is 0 Å². The van der Waals surface area contributed by atoms with Crippen molar-refractivity contribution in [2.45, 2.75) is 44.4 Å². The van der Waals surface area contributed by atoms with Crippen LogP contribution in [0.5, 0.6) is 0 Å². The molecule has 0 radical (unpaired) electrons. The summed E-state index contributed by atoms with van der Waals surface area (Å²) in [6, 6.07) is 10.6. The Hall–Kier alpha value is -1.06. The smallest absolute Gasteiger partial charge is 0.225 e. The molecule has 1 aliphatic carbocycles. The highest BCUT2D eigenvalue weighted by Crippen LogP contribution is 2.34. The van der Waals surface area contributed by atoms with Gasteiger partial charge in [0.25, 0.3) is 0 Å². The number of halogens is 1. The third-order valence-corrected chi connectivity index (χ3v) is 5.49. The van der Waals surface area contributed by atoms with Gasteiger partial charge >= 0.3 is 0 Å². The molecule has 0 aromatic heterocycles. The van der Waals surface area contributed by atoms with Crippen molar-refractivity contribution in [1.29, 1.82) is 0 Å². The average molecular weight is 337 g/mol. The number of amides is 1. The quantitative estimate of drug-likeness (QED) is 0.857. The van der Waals surface area contributed by atoms with Gasteiger partial charge in [-0.05, 0) is 30.9 Å². The van der Waals surface area contributed by atoms with Crippen molar-refractivity contribution in [3.8, 4) is 0 Å². The number of carbonyl (C=O) groups excluding carboxylic acids is 1. The number of hydrogen-bond acceptors (Lipinski definition) is 2. The third kappa shape index (κ3) is 4.27. The maximum absolute atomic E-state index is 12.9. The first-order chi connectivity index (χ1) is 10.8. The van der Waals surface area contributed by atoms with Crippen molar-refractivity contribution in [2.75, 3.05) is 19.6 Å². The molecule has 1 saturated heterocycles. The fraction of sp³-hybridized carbons (Fsp3) is 0.632. The molecule has 4 heteroatoms. The van der Waals surface area contributed by atoms with Gasteiger partial charge in [-0.25, -0.2) is 0 Å². The van der Waals surface area contributed by atoms with E-state index in [-0.39, 0.29) is 18.3 Å². The van der Waals surface area contributed by atoms with E-state index in [1.807, 2.05) is 6.07 Å². The lowest BCUT2D eigenvalue weighted by Gasteiger charge is -2.22. The Bertz CT molecular complexity index is 485. The van der Waals surface area contributed by atoms with Crippen LogP contribution in [0.4, 0.5) is 0 Å². The Labute approximate surface area is 146 Å². The summed E-state index contributed by atoms with van der Waals surface area (Å²) in [6.07, 6.45) is 7.18. The topological polar surface area (TPSA) is 46.3 Å². The lowest BCUT2D eigenvalue weighted by Crippen LogP contribution is -2.35. The molecule has 0 spiro atoms. The standard InChI is InChI=1S/C19H28N2O.ClH/c20-12-17-13-21(14-18(17)15-8-6-3-7-9-15)19(22)16-10-4-1-2-5-11-16;/h3,6-9,16-18H,1-2,4-5,10-14,20H2;1H/t17-,18+;/m1./s1. The molecule has 1 amide bonds. The number of likely N-dealkylation sites (tertiary alicyclic amines) is 1. The van der Waals surface area contributed by atoms with Crippen LogP contribution in [0, 0.1) is 11.8 Å². The van der Waals surface area contributed by atoms with Gasteiger partial charge in [0, 0.05) is 24.9 Å². The molecule has 2 fully saturated rings. The molecule has 2 atom stereocenters. The summed E-state index contributed by atoms with van der Waals surface area (Å²) in [6.45, 7) is 2.35. The van der Waals surface area contributed by atoms with E-state index in [1.165, 1.54) is 31.2 Å². The molecule has 1 aromatic rings. The van der Waals surface area contributed by atoms with Gasteiger partial charge in [0.1, 0.15) is 0 Å². The van der Waals surface area contributed by atoms with Crippen LogP contribution in [0.25, 0.3) is 0 Å². The zero-order valence-electron chi connectivity index (χ0n) is 13.8. The molecule has 3 rings (SSSR count). The molecule has 1 aliphatic heterocycles. The Morgan fingerprint density at radius 3 is 2.30 bits per heavy atom. The zero-order chi connectivity index (χ0) is 15.4. The highest BCUT2D eigenvalue weighted by molar-refractivity contribution is 5.85. The maximum atomic E-state index is 12.9. The molecule has 128 valence electrons. The lowest BCUT2D eigenvalue weighted by atomic mass is 9.89. The number of rotatable bonds is 3. The summed E-state index contributed by atoms with van der Waals surface area (Å²) in [7, 11) is 0. The molecule has 0 bridgehead atoms. The summed E-state index contributed by atoms with van der Waals surface area (Å²) in [4.78, 5) is 15.0. The minimum Gasteiger partial charge on any atom is -0.341 e. The van der Waals surface area contributed by atoms with Gasteiger partial charge < -0.3 is 10.6 Å². The largest absolute Gasteiger partial charge is 0.341 e. The number of nitrogens with zero attached hydrogens (tertiary/aromatic N) is 1.